The van der Waals surface area contributed by atoms with Gasteiger partial charge in [0.25, 0.3) is 23.6 Å². The quantitative estimate of drug-likeness (QED) is 0.416. The van der Waals surface area contributed by atoms with Gasteiger partial charge in [-0.1, -0.05) is 23.0 Å². The van der Waals surface area contributed by atoms with Crippen LogP contribution in [0.5, 0.6) is 0 Å². The molecule has 0 atom stereocenters. The van der Waals surface area contributed by atoms with Crippen LogP contribution in [0, 0.1) is 0 Å². The van der Waals surface area contributed by atoms with Crippen LogP contribution in [-0.4, -0.2) is 45.7 Å². The maximum absolute atomic E-state index is 11.5. The monoisotopic (exact) mass is 364 g/mol. The number of carbonyl (C=O) groups excluding carboxylic acids is 6. The molecule has 138 valence electrons. The van der Waals surface area contributed by atoms with Crippen LogP contribution >= 0.6 is 0 Å². The number of unbranched alkanes of at least 4 members (excludes halogenated alkanes) is 3. The zero-order valence-electron chi connectivity index (χ0n) is 13.7. The number of hydroxylamine groups is 4. The molecule has 2 aliphatic rings. The summed E-state index contributed by atoms with van der Waals surface area (Å²) >= 11 is 0. The fourth-order valence-corrected chi connectivity index (χ4v) is 2.14. The van der Waals surface area contributed by atoms with Crippen LogP contribution in [0.1, 0.15) is 38.5 Å². The van der Waals surface area contributed by atoms with Crippen LogP contribution in [0.15, 0.2) is 24.3 Å². The molecule has 0 spiro atoms. The number of nitrogens with zero attached hydrogens (tertiary/aromatic N) is 2. The first kappa shape index (κ1) is 19.0. The van der Waals surface area contributed by atoms with Crippen LogP contribution in [0.3, 0.4) is 0 Å². The average molecular weight is 364 g/mol. The van der Waals surface area contributed by atoms with Gasteiger partial charge in [-0.15, -0.1) is 0 Å². The molecule has 10 heteroatoms. The Bertz CT molecular complexity index is 613. The van der Waals surface area contributed by atoms with E-state index in [9.17, 15) is 28.8 Å². The van der Waals surface area contributed by atoms with Crippen molar-refractivity contribution in [3.8, 4) is 0 Å². The molecule has 2 rings (SSSR count). The van der Waals surface area contributed by atoms with Crippen molar-refractivity contribution in [1.82, 2.24) is 10.1 Å². The Morgan fingerprint density at radius 1 is 0.615 bits per heavy atom. The van der Waals surface area contributed by atoms with E-state index in [0.717, 1.165) is 24.3 Å². The van der Waals surface area contributed by atoms with Gasteiger partial charge in [-0.2, -0.15) is 0 Å². The second-order valence-corrected chi connectivity index (χ2v) is 5.45. The molecule has 0 saturated carbocycles. The minimum Gasteiger partial charge on any atom is -0.330 e. The molecule has 0 aliphatic carbocycles. The lowest BCUT2D eigenvalue weighted by molar-refractivity contribution is -0.196. The molecule has 0 aromatic heterocycles. The van der Waals surface area contributed by atoms with Crippen LogP contribution < -0.4 is 0 Å². The van der Waals surface area contributed by atoms with Gasteiger partial charge in [0.2, 0.25) is 0 Å². The van der Waals surface area contributed by atoms with Crippen molar-refractivity contribution in [2.24, 2.45) is 0 Å². The number of hydrogen-bond acceptors (Lipinski definition) is 8. The van der Waals surface area contributed by atoms with Gasteiger partial charge in [0.05, 0.1) is 0 Å². The highest BCUT2D eigenvalue weighted by Crippen LogP contribution is 2.11. The molecule has 0 aromatic carbocycles. The Morgan fingerprint density at radius 3 is 1.23 bits per heavy atom. The zero-order valence-corrected chi connectivity index (χ0v) is 13.7. The number of carbonyl (C=O) groups is 6. The van der Waals surface area contributed by atoms with E-state index >= 15 is 0 Å². The first-order valence-electron chi connectivity index (χ1n) is 7.92. The molecule has 0 aromatic rings. The minimum atomic E-state index is -0.702. The van der Waals surface area contributed by atoms with Crippen LogP contribution in [0.4, 0.5) is 0 Å². The summed E-state index contributed by atoms with van der Waals surface area (Å²) in [5, 5.41) is 0.794. The highest BCUT2D eigenvalue weighted by Gasteiger charge is 2.28. The number of rotatable bonds is 9. The smallest absolute Gasteiger partial charge is 0.330 e. The minimum absolute atomic E-state index is 0.0178. The van der Waals surface area contributed by atoms with E-state index in [1.807, 2.05) is 0 Å². The summed E-state index contributed by atoms with van der Waals surface area (Å²) in [6.07, 6.45) is 6.17. The molecule has 0 unspecified atom stereocenters. The Labute approximate surface area is 147 Å². The van der Waals surface area contributed by atoms with Crippen molar-refractivity contribution >= 4 is 35.6 Å². The molecule has 0 fully saturated rings. The van der Waals surface area contributed by atoms with Crippen molar-refractivity contribution in [2.75, 3.05) is 0 Å². The number of hydrogen-bond donors (Lipinski definition) is 0. The van der Waals surface area contributed by atoms with Gasteiger partial charge in [-0.05, 0) is 12.8 Å². The molecule has 0 saturated heterocycles. The Kier molecular flexibility index (Phi) is 6.36. The van der Waals surface area contributed by atoms with Crippen molar-refractivity contribution in [3.05, 3.63) is 24.3 Å². The molecule has 0 bridgehead atoms. The van der Waals surface area contributed by atoms with Gasteiger partial charge >= 0.3 is 11.9 Å². The fourth-order valence-electron chi connectivity index (χ4n) is 2.14. The van der Waals surface area contributed by atoms with Crippen molar-refractivity contribution in [3.63, 3.8) is 0 Å². The third-order valence-electron chi connectivity index (χ3n) is 3.44. The van der Waals surface area contributed by atoms with Gasteiger partial charge in [0, 0.05) is 37.1 Å². The van der Waals surface area contributed by atoms with E-state index in [1.165, 1.54) is 0 Å². The molecule has 26 heavy (non-hydrogen) atoms. The van der Waals surface area contributed by atoms with Crippen molar-refractivity contribution in [2.45, 2.75) is 38.5 Å². The van der Waals surface area contributed by atoms with Crippen molar-refractivity contribution in [1.29, 1.82) is 0 Å². The van der Waals surface area contributed by atoms with Crippen LogP contribution in [0.2, 0.25) is 0 Å². The average Bonchev–Trinajstić information content (AvgIpc) is 3.08. The maximum atomic E-state index is 11.5. The lowest BCUT2D eigenvalue weighted by atomic mass is 10.1. The van der Waals surface area contributed by atoms with Gasteiger partial charge in [-0.25, -0.2) is 9.59 Å². The second-order valence-electron chi connectivity index (χ2n) is 5.45. The third-order valence-corrected chi connectivity index (χ3v) is 3.44. The molecule has 4 amide bonds. The molecule has 0 radical (unpaired) electrons. The predicted molar refractivity (Wildman–Crippen MR) is 81.9 cm³/mol. The fraction of sp³-hybridized carbons (Fsp3) is 0.375. The molecule has 2 heterocycles. The zero-order chi connectivity index (χ0) is 19.1. The summed E-state index contributed by atoms with van der Waals surface area (Å²) in [5.41, 5.74) is 0. The van der Waals surface area contributed by atoms with Gasteiger partial charge < -0.3 is 9.68 Å². The summed E-state index contributed by atoms with van der Waals surface area (Å²) in [7, 11) is 0. The van der Waals surface area contributed by atoms with E-state index in [1.54, 1.807) is 0 Å². The third kappa shape index (κ3) is 5.10. The van der Waals surface area contributed by atoms with Gasteiger partial charge in [0.1, 0.15) is 0 Å². The van der Waals surface area contributed by atoms with E-state index in [4.69, 9.17) is 0 Å². The van der Waals surface area contributed by atoms with E-state index in [2.05, 4.69) is 9.68 Å². The highest BCUT2D eigenvalue weighted by molar-refractivity contribution is 6.13. The molecule has 0 N–H and O–H groups in total. The van der Waals surface area contributed by atoms with Crippen LogP contribution in [0.25, 0.3) is 0 Å². The summed E-state index contributed by atoms with van der Waals surface area (Å²) in [5.74, 6) is -4.21. The Morgan fingerprint density at radius 2 is 0.923 bits per heavy atom. The van der Waals surface area contributed by atoms with E-state index in [0.29, 0.717) is 35.8 Å². The predicted octanol–water partition coefficient (Wildman–Crippen LogP) is 0.0934. The lowest BCUT2D eigenvalue weighted by Gasteiger charge is -2.12. The van der Waals surface area contributed by atoms with Crippen molar-refractivity contribution < 1.29 is 38.4 Å². The Hall–Kier alpha value is -3.30. The number of amides is 4. The summed E-state index contributed by atoms with van der Waals surface area (Å²) in [4.78, 5) is 77.2. The first-order valence-corrected chi connectivity index (χ1v) is 7.92. The molecular formula is C16H16N2O8. The molecule has 2 aliphatic heterocycles. The molecular weight excluding hydrogens is 348 g/mol. The topological polar surface area (TPSA) is 127 Å². The van der Waals surface area contributed by atoms with E-state index < -0.39 is 35.6 Å². The normalized spacial score (nSPS) is 16.0. The van der Waals surface area contributed by atoms with Crippen LogP contribution in [-0.2, 0) is 38.4 Å². The summed E-state index contributed by atoms with van der Waals surface area (Å²) < 4.78 is 0. The van der Waals surface area contributed by atoms with Gasteiger partial charge in [0.15, 0.2) is 0 Å². The van der Waals surface area contributed by atoms with Gasteiger partial charge in [-0.3, -0.25) is 19.2 Å². The largest absolute Gasteiger partial charge is 0.333 e. The lowest BCUT2D eigenvalue weighted by Crippen LogP contribution is -2.32. The Balaban J connectivity index is 1.52. The SMILES string of the molecule is O=C(CCCCCCC(=O)ON1C(=O)C=CC1=O)ON1C(=O)C=CC1=O. The standard InChI is InChI=1S/C16H16N2O8/c19-11-7-8-12(20)17(11)25-15(23)5-3-1-2-4-6-16(24)26-18-13(21)9-10-14(18)22/h7-10H,1-6H2. The van der Waals surface area contributed by atoms with E-state index in [-0.39, 0.29) is 12.8 Å². The number of imide groups is 2. The summed E-state index contributed by atoms with van der Waals surface area (Å²) in [6, 6.07) is 0. The highest BCUT2D eigenvalue weighted by atomic mass is 16.7. The summed E-state index contributed by atoms with van der Waals surface area (Å²) in [6.45, 7) is 0. The first-order chi connectivity index (χ1) is 12.4. The molecule has 10 nitrogen and oxygen atoms in total. The second kappa shape index (κ2) is 8.70. The maximum Gasteiger partial charge on any atom is 0.333 e.